The molecule has 0 bridgehead atoms. The number of fused-ring (bicyclic) bond motifs is 7. The maximum absolute atomic E-state index is 5.88. The van der Waals surface area contributed by atoms with Crippen LogP contribution in [0.1, 0.15) is 70.0 Å². The van der Waals surface area contributed by atoms with Crippen molar-refractivity contribution < 1.29 is 4.42 Å². The number of hydrogen-bond acceptors (Lipinski definition) is 2. The van der Waals surface area contributed by atoms with Crippen molar-refractivity contribution in [1.29, 1.82) is 0 Å². The first kappa shape index (κ1) is 17.0. The summed E-state index contributed by atoms with van der Waals surface area (Å²) < 4.78 is 8.18. The molecule has 27 heavy (non-hydrogen) atoms. The lowest BCUT2D eigenvalue weighted by atomic mass is 9.52. The monoisotopic (exact) mass is 362 g/mol. The Morgan fingerprint density at radius 1 is 1.04 bits per heavy atom. The van der Waals surface area contributed by atoms with Crippen molar-refractivity contribution in [3.63, 3.8) is 0 Å². The molecule has 2 aromatic heterocycles. The Balaban J connectivity index is 1.97. The lowest BCUT2D eigenvalue weighted by Crippen LogP contribution is -2.62. The quantitative estimate of drug-likeness (QED) is 0.475. The Labute approximate surface area is 162 Å². The van der Waals surface area contributed by atoms with Gasteiger partial charge in [0.1, 0.15) is 0 Å². The van der Waals surface area contributed by atoms with Gasteiger partial charge in [-0.3, -0.25) is 0 Å². The van der Waals surface area contributed by atoms with Gasteiger partial charge >= 0.3 is 0 Å². The molecule has 0 radical (unpaired) electrons. The summed E-state index contributed by atoms with van der Waals surface area (Å²) in [6.45, 7) is 16.8. The molecule has 3 heteroatoms. The topological polar surface area (TPSA) is 21.3 Å². The van der Waals surface area contributed by atoms with Gasteiger partial charge in [-0.25, -0.2) is 0 Å². The molecule has 0 N–H and O–H groups in total. The Kier molecular flexibility index (Phi) is 2.91. The molecule has 5 rings (SSSR count). The molecule has 4 heterocycles. The summed E-state index contributed by atoms with van der Waals surface area (Å²) in [6.07, 6.45) is 1.82. The van der Waals surface area contributed by atoms with E-state index in [4.69, 9.17) is 4.42 Å². The normalized spacial score (nSPS) is 27.6. The summed E-state index contributed by atoms with van der Waals surface area (Å²) in [5, 5.41) is 1.26. The molecule has 0 spiro atoms. The zero-order valence-corrected chi connectivity index (χ0v) is 17.8. The molecule has 2 atom stereocenters. The second kappa shape index (κ2) is 4.63. The lowest BCUT2D eigenvalue weighted by molar-refractivity contribution is 0.0607. The van der Waals surface area contributed by atoms with Crippen molar-refractivity contribution >= 4 is 16.8 Å². The molecule has 0 saturated carbocycles. The molecule has 2 aliphatic rings. The van der Waals surface area contributed by atoms with E-state index < -0.39 is 0 Å². The molecule has 0 amide bonds. The van der Waals surface area contributed by atoms with Crippen LogP contribution in [0.5, 0.6) is 0 Å². The minimum absolute atomic E-state index is 0.0177. The van der Waals surface area contributed by atoms with Crippen LogP contribution in [0.3, 0.4) is 0 Å². The largest absolute Gasteiger partial charge is 0.448 e. The maximum atomic E-state index is 5.88. The number of aromatic nitrogens is 1. The molecule has 0 fully saturated rings. The number of rotatable bonds is 0. The highest BCUT2D eigenvalue weighted by atomic mass is 16.3. The maximum Gasteiger partial charge on any atom is 0.206 e. The summed E-state index contributed by atoms with van der Waals surface area (Å²) in [7, 11) is 2.17. The molecule has 2 aliphatic heterocycles. The van der Waals surface area contributed by atoms with E-state index in [9.17, 15) is 0 Å². The van der Waals surface area contributed by atoms with E-state index in [0.29, 0.717) is 6.04 Å². The zero-order chi connectivity index (χ0) is 19.5. The fraction of sp³-hybridized carbons (Fsp3) is 0.500. The van der Waals surface area contributed by atoms with Crippen LogP contribution in [0.2, 0.25) is 0 Å². The van der Waals surface area contributed by atoms with Crippen LogP contribution in [-0.4, -0.2) is 4.57 Å². The molecule has 2 unspecified atom stereocenters. The SMILES string of the molecule is Cc1cccc2c1N1C(C)c3c(n(C)c4occc34)C1(C)C(C)(C)C2(C)C. The van der Waals surface area contributed by atoms with Gasteiger partial charge in [-0.05, 0) is 43.4 Å². The fourth-order valence-electron chi connectivity index (χ4n) is 6.26. The molecular weight excluding hydrogens is 332 g/mol. The van der Waals surface area contributed by atoms with E-state index in [2.05, 4.69) is 89.2 Å². The molecular formula is C24H30N2O. The number of benzene rings is 1. The van der Waals surface area contributed by atoms with Gasteiger partial charge in [-0.15, -0.1) is 0 Å². The Morgan fingerprint density at radius 2 is 1.74 bits per heavy atom. The molecule has 0 aliphatic carbocycles. The summed E-state index contributed by atoms with van der Waals surface area (Å²) in [5.41, 5.74) is 8.02. The van der Waals surface area contributed by atoms with E-state index in [-0.39, 0.29) is 16.4 Å². The standard InChI is InChI=1S/C24H30N2O/c1-14-10-9-11-17-19(14)26-15(2)18-16-12-13-27-21(16)25(8)20(18)24(26,7)23(5,6)22(17,3)4/h9-13,15H,1-8H3. The van der Waals surface area contributed by atoms with Gasteiger partial charge in [0.05, 0.1) is 23.5 Å². The summed E-state index contributed by atoms with van der Waals surface area (Å²) >= 11 is 0. The number of hydrogen-bond donors (Lipinski definition) is 0. The van der Waals surface area contributed by atoms with Gasteiger partial charge in [-0.1, -0.05) is 45.9 Å². The number of para-hydroxylation sites is 1. The van der Waals surface area contributed by atoms with E-state index in [1.54, 1.807) is 0 Å². The van der Waals surface area contributed by atoms with Gasteiger partial charge in [0.2, 0.25) is 5.71 Å². The predicted molar refractivity (Wildman–Crippen MR) is 111 cm³/mol. The Bertz CT molecular complexity index is 1100. The Morgan fingerprint density at radius 3 is 2.44 bits per heavy atom. The molecule has 3 aromatic rings. The highest BCUT2D eigenvalue weighted by Crippen LogP contribution is 2.68. The smallest absolute Gasteiger partial charge is 0.206 e. The van der Waals surface area contributed by atoms with Crippen molar-refractivity contribution in [3.05, 3.63) is 52.9 Å². The van der Waals surface area contributed by atoms with E-state index in [1.165, 1.54) is 33.5 Å². The van der Waals surface area contributed by atoms with Crippen LogP contribution in [-0.2, 0) is 18.0 Å². The fourth-order valence-corrected chi connectivity index (χ4v) is 6.26. The van der Waals surface area contributed by atoms with Gasteiger partial charge in [-0.2, -0.15) is 0 Å². The molecule has 0 saturated heterocycles. The highest BCUT2D eigenvalue weighted by Gasteiger charge is 2.65. The predicted octanol–water partition coefficient (Wildman–Crippen LogP) is 6.19. The molecule has 3 nitrogen and oxygen atoms in total. The zero-order valence-electron chi connectivity index (χ0n) is 17.8. The van der Waals surface area contributed by atoms with Crippen LogP contribution in [0.25, 0.3) is 11.1 Å². The van der Waals surface area contributed by atoms with Crippen molar-refractivity contribution in [1.82, 2.24) is 4.57 Å². The van der Waals surface area contributed by atoms with Gasteiger partial charge in [0, 0.05) is 29.1 Å². The number of furan rings is 1. The second-order valence-electron chi connectivity index (χ2n) is 9.80. The number of nitrogens with zero attached hydrogens (tertiary/aromatic N) is 2. The highest BCUT2D eigenvalue weighted by molar-refractivity contribution is 5.87. The Hall–Kier alpha value is -2.16. The van der Waals surface area contributed by atoms with Crippen molar-refractivity contribution in [2.45, 2.75) is 65.5 Å². The van der Waals surface area contributed by atoms with Crippen LogP contribution in [0.15, 0.2) is 34.9 Å². The lowest BCUT2D eigenvalue weighted by Gasteiger charge is -2.62. The second-order valence-corrected chi connectivity index (χ2v) is 9.80. The third kappa shape index (κ3) is 1.54. The van der Waals surface area contributed by atoms with Crippen molar-refractivity contribution in [3.8, 4) is 0 Å². The summed E-state index contributed by atoms with van der Waals surface area (Å²) in [4.78, 5) is 2.71. The van der Waals surface area contributed by atoms with E-state index in [1.807, 2.05) is 6.26 Å². The minimum atomic E-state index is -0.124. The molecule has 1 aromatic carbocycles. The third-order valence-electron chi connectivity index (χ3n) is 8.51. The minimum Gasteiger partial charge on any atom is -0.448 e. The van der Waals surface area contributed by atoms with Crippen LogP contribution in [0, 0.1) is 12.3 Å². The average Bonchev–Trinajstić information content (AvgIpc) is 3.22. The number of aryl methyl sites for hydroxylation is 2. The first-order chi connectivity index (χ1) is 12.6. The van der Waals surface area contributed by atoms with Gasteiger partial charge in [0.25, 0.3) is 0 Å². The van der Waals surface area contributed by atoms with Crippen LogP contribution >= 0.6 is 0 Å². The molecule has 142 valence electrons. The average molecular weight is 363 g/mol. The first-order valence-electron chi connectivity index (χ1n) is 10.0. The van der Waals surface area contributed by atoms with Gasteiger partial charge in [0.15, 0.2) is 0 Å². The van der Waals surface area contributed by atoms with Crippen LogP contribution < -0.4 is 4.90 Å². The van der Waals surface area contributed by atoms with Crippen molar-refractivity contribution in [2.75, 3.05) is 4.90 Å². The third-order valence-corrected chi connectivity index (χ3v) is 8.51. The van der Waals surface area contributed by atoms with Crippen LogP contribution in [0.4, 0.5) is 5.69 Å². The summed E-state index contributed by atoms with van der Waals surface area (Å²) in [6, 6.07) is 9.27. The number of anilines is 1. The van der Waals surface area contributed by atoms with Gasteiger partial charge < -0.3 is 13.9 Å². The van der Waals surface area contributed by atoms with E-state index in [0.717, 1.165) is 5.71 Å². The van der Waals surface area contributed by atoms with Crippen molar-refractivity contribution in [2.24, 2.45) is 12.5 Å². The first-order valence-corrected chi connectivity index (χ1v) is 10.0. The summed E-state index contributed by atoms with van der Waals surface area (Å²) in [5.74, 6) is 0. The van der Waals surface area contributed by atoms with E-state index >= 15 is 0 Å².